The van der Waals surface area contributed by atoms with E-state index in [2.05, 4.69) is 21.8 Å². The maximum atomic E-state index is 10.6. The van der Waals surface area contributed by atoms with E-state index in [0.29, 0.717) is 36.2 Å². The van der Waals surface area contributed by atoms with Crippen molar-refractivity contribution in [2.24, 2.45) is 26.7 Å². The van der Waals surface area contributed by atoms with E-state index in [1.54, 1.807) is 31.6 Å². The van der Waals surface area contributed by atoms with Crippen LogP contribution >= 0.6 is 0 Å². The van der Waals surface area contributed by atoms with Crippen LogP contribution in [0.15, 0.2) is 45.2 Å². The Hall–Kier alpha value is -3.07. The lowest BCUT2D eigenvalue weighted by atomic mass is 10.1. The largest absolute Gasteiger partial charge is 0.493 e. The number of nitrogens with zero attached hydrogens (tertiary/aromatic N) is 5. The Labute approximate surface area is 183 Å². The van der Waals surface area contributed by atoms with Gasteiger partial charge in [0.2, 0.25) is 5.96 Å². The van der Waals surface area contributed by atoms with Gasteiger partial charge in [0.1, 0.15) is 0 Å². The SMILES string of the molecule is C=N/C(N)=N\N(CCc1ccc(OC)c(OC)c1)C1=CC(O)N(CC2CCCC2)C=N1. The molecule has 31 heavy (non-hydrogen) atoms. The minimum absolute atomic E-state index is 0.0336. The zero-order valence-corrected chi connectivity index (χ0v) is 18.3. The van der Waals surface area contributed by atoms with Crippen molar-refractivity contribution in [3.8, 4) is 11.5 Å². The molecule has 1 aliphatic heterocycles. The molecule has 1 aromatic carbocycles. The van der Waals surface area contributed by atoms with Gasteiger partial charge in [-0.25, -0.2) is 15.0 Å². The van der Waals surface area contributed by atoms with E-state index in [0.717, 1.165) is 12.1 Å². The molecule has 1 aromatic rings. The standard InChI is InChI=1S/C22H32N6O3/c1-24-22(23)26-28(11-10-16-8-9-18(30-2)19(12-16)31-3)20-13-21(29)27(15-25-20)14-17-6-4-5-7-17/h8-9,12-13,15,17,21,29H,1,4-7,10-11,14H2,2-3H3,(H2,23,26). The number of rotatable bonds is 9. The van der Waals surface area contributed by atoms with Crippen molar-refractivity contribution in [1.29, 1.82) is 0 Å². The summed E-state index contributed by atoms with van der Waals surface area (Å²) in [7, 11) is 3.21. The highest BCUT2D eigenvalue weighted by Gasteiger charge is 2.24. The van der Waals surface area contributed by atoms with E-state index >= 15 is 0 Å². The predicted molar refractivity (Wildman–Crippen MR) is 122 cm³/mol. The van der Waals surface area contributed by atoms with E-state index < -0.39 is 6.23 Å². The second-order valence-corrected chi connectivity index (χ2v) is 7.71. The molecule has 0 radical (unpaired) electrons. The third kappa shape index (κ3) is 5.97. The van der Waals surface area contributed by atoms with E-state index in [1.165, 1.54) is 25.7 Å². The van der Waals surface area contributed by atoms with Gasteiger partial charge in [-0.15, -0.1) is 5.10 Å². The van der Waals surface area contributed by atoms with Gasteiger partial charge in [0.15, 0.2) is 23.5 Å². The number of aliphatic hydroxyl groups is 1. The average Bonchev–Trinajstić information content (AvgIpc) is 3.30. The number of hydrogen-bond acceptors (Lipinski definition) is 7. The predicted octanol–water partition coefficient (Wildman–Crippen LogP) is 2.17. The summed E-state index contributed by atoms with van der Waals surface area (Å²) in [6.45, 7) is 4.71. The first kappa shape index (κ1) is 22.6. The first-order valence-corrected chi connectivity index (χ1v) is 10.5. The lowest BCUT2D eigenvalue weighted by Crippen LogP contribution is -2.39. The van der Waals surface area contributed by atoms with Crippen LogP contribution in [0.3, 0.4) is 0 Å². The Balaban J connectivity index is 1.71. The molecule has 0 aromatic heterocycles. The van der Waals surface area contributed by atoms with Gasteiger partial charge in [-0.3, -0.25) is 0 Å². The van der Waals surface area contributed by atoms with Gasteiger partial charge in [0.25, 0.3) is 0 Å². The van der Waals surface area contributed by atoms with Gasteiger partial charge in [0.05, 0.1) is 20.6 Å². The number of ether oxygens (including phenoxy) is 2. The van der Waals surface area contributed by atoms with E-state index in [9.17, 15) is 5.11 Å². The molecule has 1 unspecified atom stereocenters. The smallest absolute Gasteiger partial charge is 0.237 e. The Morgan fingerprint density at radius 3 is 2.68 bits per heavy atom. The van der Waals surface area contributed by atoms with Crippen molar-refractivity contribution < 1.29 is 14.6 Å². The van der Waals surface area contributed by atoms with Gasteiger partial charge in [-0.2, -0.15) is 0 Å². The van der Waals surface area contributed by atoms with Crippen molar-refractivity contribution in [1.82, 2.24) is 9.91 Å². The van der Waals surface area contributed by atoms with Gasteiger partial charge < -0.3 is 25.2 Å². The van der Waals surface area contributed by atoms with Gasteiger partial charge in [-0.05, 0) is 49.6 Å². The van der Waals surface area contributed by atoms with Crippen LogP contribution in [-0.4, -0.2) is 67.6 Å². The molecule has 1 aliphatic carbocycles. The number of methoxy groups -OCH3 is 2. The third-order valence-electron chi connectivity index (χ3n) is 5.63. The zero-order valence-electron chi connectivity index (χ0n) is 18.3. The Morgan fingerprint density at radius 2 is 2.03 bits per heavy atom. The molecule has 1 heterocycles. The number of hydrogen-bond donors (Lipinski definition) is 2. The van der Waals surface area contributed by atoms with Gasteiger partial charge >= 0.3 is 0 Å². The van der Waals surface area contributed by atoms with Gasteiger partial charge in [-0.1, -0.05) is 18.9 Å². The van der Waals surface area contributed by atoms with Crippen molar-refractivity contribution in [2.45, 2.75) is 38.3 Å². The number of aliphatic imine (C=N–C) groups is 2. The molecule has 1 saturated carbocycles. The summed E-state index contributed by atoms with van der Waals surface area (Å²) in [6, 6.07) is 5.76. The number of hydrazone groups is 1. The Morgan fingerprint density at radius 1 is 1.29 bits per heavy atom. The van der Waals surface area contributed by atoms with E-state index in [1.807, 2.05) is 23.1 Å². The van der Waals surface area contributed by atoms with Crippen LogP contribution in [0.1, 0.15) is 31.2 Å². The lowest BCUT2D eigenvalue weighted by molar-refractivity contribution is 0.0830. The fourth-order valence-electron chi connectivity index (χ4n) is 3.91. The summed E-state index contributed by atoms with van der Waals surface area (Å²) >= 11 is 0. The minimum Gasteiger partial charge on any atom is -0.493 e. The summed E-state index contributed by atoms with van der Waals surface area (Å²) in [5, 5.41) is 16.6. The summed E-state index contributed by atoms with van der Waals surface area (Å²) < 4.78 is 10.7. The molecule has 0 amide bonds. The number of aliphatic hydroxyl groups excluding tert-OH is 1. The molecule has 1 atom stereocenters. The second-order valence-electron chi connectivity index (χ2n) is 7.71. The van der Waals surface area contributed by atoms with Crippen LogP contribution in [0, 0.1) is 5.92 Å². The summed E-state index contributed by atoms with van der Waals surface area (Å²) in [4.78, 5) is 10.1. The van der Waals surface area contributed by atoms with Crippen molar-refractivity contribution in [3.63, 3.8) is 0 Å². The molecule has 0 spiro atoms. The summed E-state index contributed by atoms with van der Waals surface area (Å²) in [5.41, 5.74) is 6.83. The minimum atomic E-state index is -0.759. The molecule has 9 heteroatoms. The topological polar surface area (TPSA) is 108 Å². The molecule has 2 aliphatic rings. The molecule has 0 bridgehead atoms. The quantitative estimate of drug-likeness (QED) is 0.355. The van der Waals surface area contributed by atoms with Crippen molar-refractivity contribution >= 4 is 19.0 Å². The van der Waals surface area contributed by atoms with E-state index in [4.69, 9.17) is 15.2 Å². The molecule has 1 fully saturated rings. The fourth-order valence-corrected chi connectivity index (χ4v) is 3.91. The highest BCUT2D eigenvalue weighted by Crippen LogP contribution is 2.29. The Kier molecular flexibility index (Phi) is 7.88. The molecule has 168 valence electrons. The maximum absolute atomic E-state index is 10.6. The first-order chi connectivity index (χ1) is 15.0. The van der Waals surface area contributed by atoms with Crippen molar-refractivity contribution in [3.05, 3.63) is 35.7 Å². The Bertz CT molecular complexity index is 848. The summed E-state index contributed by atoms with van der Waals surface area (Å²) in [5.74, 6) is 2.49. The van der Waals surface area contributed by atoms with Crippen LogP contribution in [-0.2, 0) is 6.42 Å². The number of benzene rings is 1. The molecular formula is C22H32N6O3. The number of nitrogens with two attached hydrogens (primary N) is 1. The zero-order chi connectivity index (χ0) is 22.2. The molecular weight excluding hydrogens is 396 g/mol. The van der Waals surface area contributed by atoms with Crippen LogP contribution in [0.5, 0.6) is 11.5 Å². The van der Waals surface area contributed by atoms with Crippen molar-refractivity contribution in [2.75, 3.05) is 27.3 Å². The third-order valence-corrected chi connectivity index (χ3v) is 5.63. The summed E-state index contributed by atoms with van der Waals surface area (Å²) in [6.07, 6.45) is 8.19. The monoisotopic (exact) mass is 428 g/mol. The normalized spacial score (nSPS) is 19.3. The molecule has 0 saturated heterocycles. The van der Waals surface area contributed by atoms with Crippen LogP contribution in [0.2, 0.25) is 0 Å². The molecule has 3 rings (SSSR count). The van der Waals surface area contributed by atoms with Crippen LogP contribution < -0.4 is 15.2 Å². The van der Waals surface area contributed by atoms with E-state index in [-0.39, 0.29) is 5.96 Å². The molecule has 3 N–H and O–H groups in total. The molecule has 9 nitrogen and oxygen atoms in total. The van der Waals surface area contributed by atoms with Gasteiger partial charge in [0, 0.05) is 19.2 Å². The second kappa shape index (κ2) is 10.8. The lowest BCUT2D eigenvalue weighted by Gasteiger charge is -2.31. The fraction of sp³-hybridized carbons (Fsp3) is 0.500. The van der Waals surface area contributed by atoms with Crippen LogP contribution in [0.4, 0.5) is 0 Å². The van der Waals surface area contributed by atoms with Crippen LogP contribution in [0.25, 0.3) is 0 Å². The highest BCUT2D eigenvalue weighted by molar-refractivity contribution is 5.82. The number of guanidine groups is 1. The maximum Gasteiger partial charge on any atom is 0.237 e. The highest BCUT2D eigenvalue weighted by atomic mass is 16.5. The average molecular weight is 429 g/mol. The first-order valence-electron chi connectivity index (χ1n) is 10.5.